The molecule has 0 aliphatic rings. The van der Waals surface area contributed by atoms with Crippen LogP contribution in [0.25, 0.3) is 0 Å². The first kappa shape index (κ1) is 13.5. The van der Waals surface area contributed by atoms with Crippen LogP contribution >= 0.6 is 23.2 Å². The minimum Gasteiger partial charge on any atom is -0.321 e. The molecule has 0 saturated carbocycles. The standard InChI is InChI=1S/C12H15Cl2NO/c1-12(2,3)11(15)10(16)8-6-7(13)4-5-9(8)14/h4-6,11H,15H2,1-3H3. The highest BCUT2D eigenvalue weighted by atomic mass is 35.5. The van der Waals surface area contributed by atoms with E-state index in [9.17, 15) is 4.79 Å². The van der Waals surface area contributed by atoms with E-state index in [1.165, 1.54) is 0 Å². The maximum atomic E-state index is 12.1. The SMILES string of the molecule is CC(C)(C)C(N)C(=O)c1cc(Cl)ccc1Cl. The van der Waals surface area contributed by atoms with Gasteiger partial charge in [0, 0.05) is 10.6 Å². The second-order valence-electron chi connectivity index (χ2n) is 4.83. The van der Waals surface area contributed by atoms with Crippen molar-refractivity contribution in [3.63, 3.8) is 0 Å². The predicted octanol–water partition coefficient (Wildman–Crippen LogP) is 3.55. The van der Waals surface area contributed by atoms with Crippen molar-refractivity contribution in [2.24, 2.45) is 11.1 Å². The molecule has 2 N–H and O–H groups in total. The van der Waals surface area contributed by atoms with Crippen molar-refractivity contribution in [2.45, 2.75) is 26.8 Å². The van der Waals surface area contributed by atoms with Gasteiger partial charge in [0.15, 0.2) is 5.78 Å². The molecule has 1 atom stereocenters. The molecule has 0 spiro atoms. The lowest BCUT2D eigenvalue weighted by Crippen LogP contribution is -2.42. The maximum absolute atomic E-state index is 12.1. The van der Waals surface area contributed by atoms with Crippen LogP contribution in [0.5, 0.6) is 0 Å². The van der Waals surface area contributed by atoms with Gasteiger partial charge >= 0.3 is 0 Å². The molecule has 0 saturated heterocycles. The molecule has 0 fully saturated rings. The molecule has 1 unspecified atom stereocenters. The molecule has 4 heteroatoms. The van der Waals surface area contributed by atoms with Crippen LogP contribution in [0.15, 0.2) is 18.2 Å². The Morgan fingerprint density at radius 3 is 2.38 bits per heavy atom. The van der Waals surface area contributed by atoms with Crippen LogP contribution in [-0.2, 0) is 0 Å². The van der Waals surface area contributed by atoms with E-state index >= 15 is 0 Å². The molecule has 0 heterocycles. The summed E-state index contributed by atoms with van der Waals surface area (Å²) in [6, 6.07) is 4.21. The zero-order valence-corrected chi connectivity index (χ0v) is 11.1. The molecule has 0 radical (unpaired) electrons. The van der Waals surface area contributed by atoms with Crippen molar-refractivity contribution in [1.29, 1.82) is 0 Å². The normalized spacial score (nSPS) is 13.6. The molecule has 1 rings (SSSR count). The fraction of sp³-hybridized carbons (Fsp3) is 0.417. The first-order chi connectivity index (χ1) is 7.23. The van der Waals surface area contributed by atoms with Gasteiger partial charge in [0.2, 0.25) is 0 Å². The number of carbonyl (C=O) groups is 1. The second-order valence-corrected chi connectivity index (χ2v) is 5.68. The Kier molecular flexibility index (Phi) is 4.00. The molecule has 16 heavy (non-hydrogen) atoms. The molecule has 0 aromatic heterocycles. The van der Waals surface area contributed by atoms with Crippen LogP contribution in [0.2, 0.25) is 10.0 Å². The number of Topliss-reactive ketones (excluding diaryl/α,β-unsaturated/α-hetero) is 1. The summed E-state index contributed by atoms with van der Waals surface area (Å²) in [6.45, 7) is 5.73. The lowest BCUT2D eigenvalue weighted by Gasteiger charge is -2.26. The van der Waals surface area contributed by atoms with Crippen LogP contribution in [0.1, 0.15) is 31.1 Å². The van der Waals surface area contributed by atoms with Gasteiger partial charge in [-0.3, -0.25) is 4.79 Å². The minimum atomic E-state index is -0.594. The smallest absolute Gasteiger partial charge is 0.181 e. The fourth-order valence-electron chi connectivity index (χ4n) is 1.25. The largest absolute Gasteiger partial charge is 0.321 e. The number of hydrogen-bond acceptors (Lipinski definition) is 2. The number of ketones is 1. The molecule has 0 aliphatic heterocycles. The van der Waals surface area contributed by atoms with Crippen molar-refractivity contribution in [3.05, 3.63) is 33.8 Å². The van der Waals surface area contributed by atoms with Crippen molar-refractivity contribution in [3.8, 4) is 0 Å². The first-order valence-corrected chi connectivity index (χ1v) is 5.74. The Morgan fingerprint density at radius 2 is 1.88 bits per heavy atom. The van der Waals surface area contributed by atoms with E-state index in [4.69, 9.17) is 28.9 Å². The van der Waals surface area contributed by atoms with E-state index in [0.29, 0.717) is 15.6 Å². The summed E-state index contributed by atoms with van der Waals surface area (Å²) in [5.41, 5.74) is 5.98. The summed E-state index contributed by atoms with van der Waals surface area (Å²) in [5.74, 6) is -0.181. The molecule has 1 aromatic carbocycles. The number of carbonyl (C=O) groups excluding carboxylic acids is 1. The second kappa shape index (κ2) is 4.74. The van der Waals surface area contributed by atoms with Crippen LogP contribution in [0.3, 0.4) is 0 Å². The van der Waals surface area contributed by atoms with E-state index in [0.717, 1.165) is 0 Å². The van der Waals surface area contributed by atoms with Gasteiger partial charge in [-0.05, 0) is 23.6 Å². The number of nitrogens with two attached hydrogens (primary N) is 1. The highest BCUT2D eigenvalue weighted by Gasteiger charge is 2.29. The topological polar surface area (TPSA) is 43.1 Å². The Hall–Kier alpha value is -0.570. The molecule has 88 valence electrons. The van der Waals surface area contributed by atoms with E-state index < -0.39 is 6.04 Å². The van der Waals surface area contributed by atoms with Gasteiger partial charge < -0.3 is 5.73 Å². The van der Waals surface area contributed by atoms with Gasteiger partial charge in [0.05, 0.1) is 11.1 Å². The van der Waals surface area contributed by atoms with Crippen LogP contribution in [0.4, 0.5) is 0 Å². The molecule has 0 amide bonds. The quantitative estimate of drug-likeness (QED) is 0.826. The summed E-state index contributed by atoms with van der Waals surface area (Å²) in [7, 11) is 0. The van der Waals surface area contributed by atoms with Gasteiger partial charge in [-0.25, -0.2) is 0 Å². The van der Waals surface area contributed by atoms with E-state index in [1.807, 2.05) is 20.8 Å². The van der Waals surface area contributed by atoms with Gasteiger partial charge in [0.25, 0.3) is 0 Å². The molecule has 1 aromatic rings. The first-order valence-electron chi connectivity index (χ1n) is 4.98. The summed E-state index contributed by atoms with van der Waals surface area (Å²) in [5, 5.41) is 0.864. The average molecular weight is 260 g/mol. The summed E-state index contributed by atoms with van der Waals surface area (Å²) in [6.07, 6.45) is 0. The number of rotatable bonds is 2. The Morgan fingerprint density at radius 1 is 1.31 bits per heavy atom. The summed E-state index contributed by atoms with van der Waals surface area (Å²) in [4.78, 5) is 12.1. The van der Waals surface area contributed by atoms with Crippen molar-refractivity contribution in [2.75, 3.05) is 0 Å². The maximum Gasteiger partial charge on any atom is 0.181 e. The van der Waals surface area contributed by atoms with Crippen LogP contribution in [0, 0.1) is 5.41 Å². The number of benzene rings is 1. The van der Waals surface area contributed by atoms with E-state index in [1.54, 1.807) is 18.2 Å². The Balaban J connectivity index is 3.10. The zero-order valence-electron chi connectivity index (χ0n) is 9.55. The van der Waals surface area contributed by atoms with Crippen molar-refractivity contribution in [1.82, 2.24) is 0 Å². The lowest BCUT2D eigenvalue weighted by molar-refractivity contribution is 0.0901. The third-order valence-corrected chi connectivity index (χ3v) is 2.97. The highest BCUT2D eigenvalue weighted by Crippen LogP contribution is 2.26. The van der Waals surface area contributed by atoms with Gasteiger partial charge in [-0.2, -0.15) is 0 Å². The lowest BCUT2D eigenvalue weighted by atomic mass is 9.83. The number of hydrogen-bond donors (Lipinski definition) is 1. The van der Waals surface area contributed by atoms with Crippen LogP contribution in [-0.4, -0.2) is 11.8 Å². The monoisotopic (exact) mass is 259 g/mol. The van der Waals surface area contributed by atoms with Crippen molar-refractivity contribution >= 4 is 29.0 Å². The highest BCUT2D eigenvalue weighted by molar-refractivity contribution is 6.36. The average Bonchev–Trinajstić information content (AvgIpc) is 2.18. The minimum absolute atomic E-state index is 0.181. The van der Waals surface area contributed by atoms with Crippen LogP contribution < -0.4 is 5.73 Å². The fourth-order valence-corrected chi connectivity index (χ4v) is 1.63. The van der Waals surface area contributed by atoms with Crippen molar-refractivity contribution < 1.29 is 4.79 Å². The Labute approximate surface area is 106 Å². The predicted molar refractivity (Wildman–Crippen MR) is 68.2 cm³/mol. The molecular weight excluding hydrogens is 245 g/mol. The summed E-state index contributed by atoms with van der Waals surface area (Å²) < 4.78 is 0. The molecular formula is C12H15Cl2NO. The van der Waals surface area contributed by atoms with Gasteiger partial charge in [-0.15, -0.1) is 0 Å². The summed E-state index contributed by atoms with van der Waals surface area (Å²) >= 11 is 11.8. The third-order valence-electron chi connectivity index (χ3n) is 2.41. The molecule has 0 bridgehead atoms. The van der Waals surface area contributed by atoms with E-state index in [2.05, 4.69) is 0 Å². The number of halogens is 2. The molecule has 2 nitrogen and oxygen atoms in total. The Bertz CT molecular complexity index is 410. The zero-order chi connectivity index (χ0) is 12.5. The third kappa shape index (κ3) is 2.97. The van der Waals surface area contributed by atoms with Gasteiger partial charge in [0.1, 0.15) is 0 Å². The van der Waals surface area contributed by atoms with E-state index in [-0.39, 0.29) is 11.2 Å². The molecule has 0 aliphatic carbocycles. The van der Waals surface area contributed by atoms with Gasteiger partial charge in [-0.1, -0.05) is 44.0 Å².